The number of H-pyrrole nitrogens is 1. The van der Waals surface area contributed by atoms with E-state index in [-0.39, 0.29) is 10.7 Å². The molecule has 2 amide bonds. The van der Waals surface area contributed by atoms with E-state index in [1.807, 2.05) is 54.6 Å². The van der Waals surface area contributed by atoms with Crippen molar-refractivity contribution in [3.8, 4) is 11.5 Å². The summed E-state index contributed by atoms with van der Waals surface area (Å²) in [5.74, 6) is 0.801. The third kappa shape index (κ3) is 5.72. The Hall–Kier alpha value is -3.99. The number of thiocarbonyl (C=S) groups is 1. The lowest BCUT2D eigenvalue weighted by Crippen LogP contribution is -2.54. The molecule has 37 heavy (non-hydrogen) atoms. The van der Waals surface area contributed by atoms with E-state index in [1.165, 1.54) is 16.7 Å². The topological polar surface area (TPSA) is 100 Å². The van der Waals surface area contributed by atoms with Crippen molar-refractivity contribution >= 4 is 64.3 Å². The molecule has 0 atom stereocenters. The normalized spacial score (nSPS) is 14.7. The third-order valence-electron chi connectivity index (χ3n) is 5.31. The molecule has 2 heterocycles. The minimum absolute atomic E-state index is 0.0159. The van der Waals surface area contributed by atoms with Crippen LogP contribution in [0.1, 0.15) is 11.3 Å². The number of aromatic amines is 1. The molecule has 0 unspecified atom stereocenters. The highest BCUT2D eigenvalue weighted by Crippen LogP contribution is 2.28. The summed E-state index contributed by atoms with van der Waals surface area (Å²) in [5, 5.41) is 13.2. The molecule has 3 aromatic carbocycles. The van der Waals surface area contributed by atoms with Gasteiger partial charge in [0, 0.05) is 10.6 Å². The van der Waals surface area contributed by atoms with Gasteiger partial charge in [0.15, 0.2) is 10.3 Å². The second-order valence-corrected chi connectivity index (χ2v) is 9.58. The molecule has 0 spiro atoms. The molecule has 1 aromatic heterocycles. The number of nitrogens with one attached hydrogen (secondary N) is 2. The predicted molar refractivity (Wildman–Crippen MR) is 147 cm³/mol. The van der Waals surface area contributed by atoms with Gasteiger partial charge in [-0.25, -0.2) is 0 Å². The minimum Gasteiger partial charge on any atom is -0.457 e. The Morgan fingerprint density at radius 3 is 2.32 bits per heavy atom. The lowest BCUT2D eigenvalue weighted by molar-refractivity contribution is -0.122. The molecule has 2 N–H and O–H groups in total. The molecule has 1 fully saturated rings. The standard InChI is InChI=1S/C26H18ClN5O3S2/c27-23-22(29-31-30-23)15-37-20-12-6-16(7-13-20)14-21-24(33)28-26(36)32(25(21)34)17-8-10-19(11-9-17)35-18-4-2-1-3-5-18/h1-14H,15H2,(H,28,33,36)(H,29,30,31). The van der Waals surface area contributed by atoms with Crippen molar-refractivity contribution < 1.29 is 14.3 Å². The van der Waals surface area contributed by atoms with Gasteiger partial charge in [-0.15, -0.1) is 16.9 Å². The zero-order valence-corrected chi connectivity index (χ0v) is 21.4. The summed E-state index contributed by atoms with van der Waals surface area (Å²) in [6.45, 7) is 0. The van der Waals surface area contributed by atoms with Gasteiger partial charge in [-0.05, 0) is 72.4 Å². The van der Waals surface area contributed by atoms with E-state index >= 15 is 0 Å². The van der Waals surface area contributed by atoms with Gasteiger partial charge in [0.2, 0.25) is 0 Å². The average Bonchev–Trinajstić information content (AvgIpc) is 3.32. The number of para-hydroxylation sites is 1. The summed E-state index contributed by atoms with van der Waals surface area (Å²) >= 11 is 12.8. The maximum Gasteiger partial charge on any atom is 0.270 e. The van der Waals surface area contributed by atoms with Crippen LogP contribution in [-0.4, -0.2) is 32.3 Å². The predicted octanol–water partition coefficient (Wildman–Crippen LogP) is 5.37. The molecule has 11 heteroatoms. The van der Waals surface area contributed by atoms with Crippen LogP contribution >= 0.6 is 35.6 Å². The molecule has 5 rings (SSSR count). The molecule has 0 aliphatic carbocycles. The van der Waals surface area contributed by atoms with Crippen molar-refractivity contribution in [2.75, 3.05) is 4.90 Å². The molecule has 1 aliphatic rings. The van der Waals surface area contributed by atoms with E-state index in [4.69, 9.17) is 28.6 Å². The molecule has 1 saturated heterocycles. The largest absolute Gasteiger partial charge is 0.457 e. The summed E-state index contributed by atoms with van der Waals surface area (Å²) in [4.78, 5) is 28.2. The van der Waals surface area contributed by atoms with Crippen molar-refractivity contribution in [2.45, 2.75) is 10.6 Å². The number of aromatic nitrogens is 3. The molecule has 0 saturated carbocycles. The number of nitrogens with zero attached hydrogens (tertiary/aromatic N) is 3. The highest BCUT2D eigenvalue weighted by atomic mass is 35.5. The zero-order chi connectivity index (χ0) is 25.8. The zero-order valence-electron chi connectivity index (χ0n) is 19.1. The first kappa shape index (κ1) is 24.7. The van der Waals surface area contributed by atoms with E-state index in [9.17, 15) is 9.59 Å². The lowest BCUT2D eigenvalue weighted by Gasteiger charge is -2.29. The van der Waals surface area contributed by atoms with Gasteiger partial charge in [0.1, 0.15) is 22.8 Å². The first-order valence-corrected chi connectivity index (χ1v) is 12.8. The molecule has 1 aliphatic heterocycles. The number of hydrogen-bond donors (Lipinski definition) is 2. The van der Waals surface area contributed by atoms with E-state index in [0.29, 0.717) is 39.3 Å². The van der Waals surface area contributed by atoms with Gasteiger partial charge in [-0.1, -0.05) is 41.9 Å². The van der Waals surface area contributed by atoms with Crippen LogP contribution in [0.4, 0.5) is 5.69 Å². The Kier molecular flexibility index (Phi) is 7.31. The first-order valence-electron chi connectivity index (χ1n) is 11.0. The number of thioether (sulfide) groups is 1. The third-order valence-corrected chi connectivity index (χ3v) is 6.92. The maximum absolute atomic E-state index is 13.3. The summed E-state index contributed by atoms with van der Waals surface area (Å²) in [5.41, 5.74) is 1.85. The SMILES string of the molecule is O=C1NC(=S)N(c2ccc(Oc3ccccc3)cc2)C(=O)C1=Cc1ccc(SCc2n[nH]nc2Cl)cc1. The summed E-state index contributed by atoms with van der Waals surface area (Å²) in [6, 6.07) is 23.7. The van der Waals surface area contributed by atoms with Gasteiger partial charge in [-0.3, -0.25) is 19.8 Å². The minimum atomic E-state index is -0.547. The molecular weight excluding hydrogens is 530 g/mol. The Morgan fingerprint density at radius 2 is 1.65 bits per heavy atom. The molecule has 8 nitrogen and oxygen atoms in total. The van der Waals surface area contributed by atoms with Crippen molar-refractivity contribution in [3.05, 3.63) is 101 Å². The van der Waals surface area contributed by atoms with E-state index in [2.05, 4.69) is 20.7 Å². The second-order valence-electron chi connectivity index (χ2n) is 7.79. The number of hydrogen-bond acceptors (Lipinski definition) is 7. The number of ether oxygens (including phenoxy) is 1. The molecule has 4 aromatic rings. The fourth-order valence-electron chi connectivity index (χ4n) is 3.49. The summed E-state index contributed by atoms with van der Waals surface area (Å²) in [7, 11) is 0. The summed E-state index contributed by atoms with van der Waals surface area (Å²) < 4.78 is 5.81. The first-order chi connectivity index (χ1) is 18.0. The Bertz CT molecular complexity index is 1490. The van der Waals surface area contributed by atoms with Crippen LogP contribution in [-0.2, 0) is 15.3 Å². The van der Waals surface area contributed by atoms with Crippen molar-refractivity contribution in [3.63, 3.8) is 0 Å². The molecule has 0 radical (unpaired) electrons. The van der Waals surface area contributed by atoms with Gasteiger partial charge in [0.05, 0.1) is 5.69 Å². The van der Waals surface area contributed by atoms with Crippen molar-refractivity contribution in [1.82, 2.24) is 20.7 Å². The average molecular weight is 548 g/mol. The van der Waals surface area contributed by atoms with Crippen molar-refractivity contribution in [2.24, 2.45) is 0 Å². The molecular formula is C26H18ClN5O3S2. The van der Waals surface area contributed by atoms with E-state index in [1.54, 1.807) is 30.3 Å². The smallest absolute Gasteiger partial charge is 0.270 e. The van der Waals surface area contributed by atoms with Gasteiger partial charge >= 0.3 is 0 Å². The summed E-state index contributed by atoms with van der Waals surface area (Å²) in [6.07, 6.45) is 1.54. The highest BCUT2D eigenvalue weighted by Gasteiger charge is 2.34. The number of carbonyl (C=O) groups is 2. The van der Waals surface area contributed by atoms with Crippen LogP contribution in [0.2, 0.25) is 5.15 Å². The van der Waals surface area contributed by atoms with Crippen LogP contribution in [0.5, 0.6) is 11.5 Å². The van der Waals surface area contributed by atoms with Gasteiger partial charge in [-0.2, -0.15) is 10.3 Å². The van der Waals surface area contributed by atoms with Gasteiger partial charge in [0.25, 0.3) is 11.8 Å². The van der Waals surface area contributed by atoms with Gasteiger partial charge < -0.3 is 4.74 Å². The quantitative estimate of drug-likeness (QED) is 0.139. The highest BCUT2D eigenvalue weighted by molar-refractivity contribution is 7.98. The van der Waals surface area contributed by atoms with Crippen LogP contribution < -0.4 is 15.0 Å². The Balaban J connectivity index is 1.30. The fraction of sp³-hybridized carbons (Fsp3) is 0.0385. The number of benzene rings is 3. The fourth-order valence-corrected chi connectivity index (χ4v) is 4.83. The number of halogens is 1. The van der Waals surface area contributed by atoms with Crippen LogP contribution in [0, 0.1) is 0 Å². The Morgan fingerprint density at radius 1 is 0.946 bits per heavy atom. The Labute approximate surface area is 226 Å². The van der Waals surface area contributed by atoms with E-state index in [0.717, 1.165) is 4.90 Å². The van der Waals surface area contributed by atoms with Crippen LogP contribution in [0.3, 0.4) is 0 Å². The maximum atomic E-state index is 13.3. The second kappa shape index (κ2) is 11.0. The molecule has 0 bridgehead atoms. The van der Waals surface area contributed by atoms with Crippen LogP contribution in [0.25, 0.3) is 6.08 Å². The lowest BCUT2D eigenvalue weighted by atomic mass is 10.1. The van der Waals surface area contributed by atoms with Crippen LogP contribution in [0.15, 0.2) is 89.3 Å². The number of anilines is 1. The molecule has 184 valence electrons. The van der Waals surface area contributed by atoms with Crippen molar-refractivity contribution in [1.29, 1.82) is 0 Å². The number of amides is 2. The number of rotatable bonds is 7. The number of carbonyl (C=O) groups excluding carboxylic acids is 2. The van der Waals surface area contributed by atoms with E-state index < -0.39 is 11.8 Å². The monoisotopic (exact) mass is 547 g/mol.